The number of pyridine rings is 1. The number of likely N-dealkylation sites (tertiary alicyclic amines) is 1. The Morgan fingerprint density at radius 1 is 1.08 bits per heavy atom. The molecule has 1 fully saturated rings. The van der Waals surface area contributed by atoms with E-state index >= 15 is 0 Å². The molecule has 0 radical (unpaired) electrons. The van der Waals surface area contributed by atoms with Crippen LogP contribution >= 0.6 is 11.6 Å². The van der Waals surface area contributed by atoms with Gasteiger partial charge in [-0.25, -0.2) is 9.97 Å². The van der Waals surface area contributed by atoms with E-state index in [1.807, 2.05) is 84.2 Å². The Hall–Kier alpha value is -4.19. The fourth-order valence-corrected chi connectivity index (χ4v) is 5.14. The molecule has 0 spiro atoms. The molecule has 8 nitrogen and oxygen atoms in total. The Balaban J connectivity index is 1.30. The maximum atomic E-state index is 13.6. The molecule has 1 aliphatic rings. The first kappa shape index (κ1) is 26.4. The lowest BCUT2D eigenvalue weighted by Gasteiger charge is -2.28. The highest BCUT2D eigenvalue weighted by atomic mass is 35.5. The van der Waals surface area contributed by atoms with Crippen LogP contribution < -0.4 is 5.32 Å². The van der Waals surface area contributed by atoms with E-state index in [1.165, 1.54) is 0 Å². The Morgan fingerprint density at radius 3 is 2.72 bits per heavy atom. The van der Waals surface area contributed by atoms with Crippen molar-refractivity contribution in [1.82, 2.24) is 24.3 Å². The molecule has 0 bridgehead atoms. The summed E-state index contributed by atoms with van der Waals surface area (Å²) in [5, 5.41) is 13.1. The van der Waals surface area contributed by atoms with Gasteiger partial charge in [0.25, 0.3) is 0 Å². The number of hydrogen-bond donors (Lipinski definition) is 1. The van der Waals surface area contributed by atoms with Gasteiger partial charge < -0.3 is 14.8 Å². The number of imidazole rings is 1. The van der Waals surface area contributed by atoms with Crippen molar-refractivity contribution >= 4 is 23.3 Å². The highest BCUT2D eigenvalue weighted by molar-refractivity contribution is 6.30. The standard InChI is InChI=1S/C30H30ClN7O/c31-26-5-3-4-25(16-26)20-37-14-11-28(30(37)39)36(15-13-35-29-6-1-2-12-34-29)21-27-18-33-22-38(27)19-24-9-7-23(17-32)8-10-24/h1-10,12,16,18,22,28H,11,13-15,19-21H2,(H,34,35)/t28-/m0/s1. The maximum Gasteiger partial charge on any atom is 0.240 e. The number of benzene rings is 2. The molecule has 1 amide bonds. The van der Waals surface area contributed by atoms with Gasteiger partial charge in [-0.05, 0) is 53.9 Å². The maximum absolute atomic E-state index is 13.6. The molecule has 1 atom stereocenters. The molecular formula is C30H30ClN7O. The number of amides is 1. The summed E-state index contributed by atoms with van der Waals surface area (Å²) in [5.41, 5.74) is 3.78. The van der Waals surface area contributed by atoms with Crippen LogP contribution in [0.1, 0.15) is 28.8 Å². The normalized spacial score (nSPS) is 15.1. The van der Waals surface area contributed by atoms with E-state index in [-0.39, 0.29) is 11.9 Å². The van der Waals surface area contributed by atoms with Crippen LogP contribution in [0, 0.1) is 11.3 Å². The van der Waals surface area contributed by atoms with Crippen LogP contribution in [-0.2, 0) is 24.4 Å². The number of hydrogen-bond acceptors (Lipinski definition) is 6. The van der Waals surface area contributed by atoms with Gasteiger partial charge in [0.15, 0.2) is 0 Å². The van der Waals surface area contributed by atoms with E-state index in [2.05, 4.69) is 30.8 Å². The van der Waals surface area contributed by atoms with Gasteiger partial charge in [0, 0.05) is 56.7 Å². The molecule has 2 aromatic carbocycles. The molecule has 4 aromatic rings. The van der Waals surface area contributed by atoms with Crippen molar-refractivity contribution < 1.29 is 4.79 Å². The van der Waals surface area contributed by atoms with Crippen molar-refractivity contribution in [1.29, 1.82) is 5.26 Å². The summed E-state index contributed by atoms with van der Waals surface area (Å²) in [6, 6.07) is 23.0. The minimum atomic E-state index is -0.229. The van der Waals surface area contributed by atoms with E-state index in [0.29, 0.717) is 49.9 Å². The zero-order valence-electron chi connectivity index (χ0n) is 21.6. The molecule has 1 saturated heterocycles. The molecule has 1 aliphatic heterocycles. The van der Waals surface area contributed by atoms with Crippen LogP contribution in [0.25, 0.3) is 0 Å². The Bertz CT molecular complexity index is 1430. The minimum Gasteiger partial charge on any atom is -0.369 e. The number of nitrogens with one attached hydrogen (secondary N) is 1. The van der Waals surface area contributed by atoms with Gasteiger partial charge in [-0.15, -0.1) is 0 Å². The highest BCUT2D eigenvalue weighted by Crippen LogP contribution is 2.23. The molecule has 9 heteroatoms. The molecule has 3 heterocycles. The molecule has 0 saturated carbocycles. The largest absolute Gasteiger partial charge is 0.369 e. The summed E-state index contributed by atoms with van der Waals surface area (Å²) < 4.78 is 2.10. The van der Waals surface area contributed by atoms with E-state index in [9.17, 15) is 4.79 Å². The van der Waals surface area contributed by atoms with Crippen molar-refractivity contribution in [3.05, 3.63) is 113 Å². The molecule has 198 valence electrons. The van der Waals surface area contributed by atoms with Crippen molar-refractivity contribution in [2.45, 2.75) is 32.1 Å². The molecule has 5 rings (SSSR count). The summed E-state index contributed by atoms with van der Waals surface area (Å²) in [6.07, 6.45) is 6.20. The molecule has 0 aliphatic carbocycles. The molecule has 39 heavy (non-hydrogen) atoms. The van der Waals surface area contributed by atoms with Gasteiger partial charge in [0.05, 0.1) is 29.7 Å². The number of nitriles is 1. The summed E-state index contributed by atoms with van der Waals surface area (Å²) in [6.45, 7) is 3.79. The van der Waals surface area contributed by atoms with Gasteiger partial charge in [-0.3, -0.25) is 9.69 Å². The van der Waals surface area contributed by atoms with Gasteiger partial charge in [-0.2, -0.15) is 5.26 Å². The number of nitrogens with zero attached hydrogens (tertiary/aromatic N) is 6. The smallest absolute Gasteiger partial charge is 0.240 e. The average molecular weight is 540 g/mol. The predicted molar refractivity (Wildman–Crippen MR) is 151 cm³/mol. The van der Waals surface area contributed by atoms with E-state index in [4.69, 9.17) is 16.9 Å². The lowest BCUT2D eigenvalue weighted by Crippen LogP contribution is -2.43. The topological polar surface area (TPSA) is 90.1 Å². The fourth-order valence-electron chi connectivity index (χ4n) is 4.93. The SMILES string of the molecule is N#Cc1ccc(Cn2cncc2CN(CCNc2ccccn2)[C@H]2CCN(Cc3cccc(Cl)c3)C2=O)cc1. The first-order valence-corrected chi connectivity index (χ1v) is 13.4. The Labute approximate surface area is 233 Å². The van der Waals surface area contributed by atoms with E-state index in [0.717, 1.165) is 29.1 Å². The lowest BCUT2D eigenvalue weighted by atomic mass is 10.1. The second-order valence-corrected chi connectivity index (χ2v) is 10.1. The summed E-state index contributed by atoms with van der Waals surface area (Å²) >= 11 is 6.17. The van der Waals surface area contributed by atoms with Crippen LogP contribution in [0.4, 0.5) is 5.82 Å². The first-order chi connectivity index (χ1) is 19.1. The molecule has 1 N–H and O–H groups in total. The van der Waals surface area contributed by atoms with Crippen LogP contribution in [0.2, 0.25) is 5.02 Å². The number of anilines is 1. The first-order valence-electron chi connectivity index (χ1n) is 13.0. The third-order valence-electron chi connectivity index (χ3n) is 6.94. The number of rotatable bonds is 11. The zero-order chi connectivity index (χ0) is 27.0. The summed E-state index contributed by atoms with van der Waals surface area (Å²) in [7, 11) is 0. The number of carbonyl (C=O) groups excluding carboxylic acids is 1. The number of aromatic nitrogens is 3. The van der Waals surface area contributed by atoms with E-state index < -0.39 is 0 Å². The van der Waals surface area contributed by atoms with Crippen molar-refractivity contribution in [3.8, 4) is 6.07 Å². The van der Waals surface area contributed by atoms with Crippen molar-refractivity contribution in [2.24, 2.45) is 0 Å². The average Bonchev–Trinajstić information content (AvgIpc) is 3.54. The Kier molecular flexibility index (Phi) is 8.51. The fraction of sp³-hybridized carbons (Fsp3) is 0.267. The third kappa shape index (κ3) is 6.82. The molecule has 0 unspecified atom stereocenters. The van der Waals surface area contributed by atoms with Gasteiger partial charge in [-0.1, -0.05) is 41.9 Å². The molecule has 2 aromatic heterocycles. The number of halogens is 1. The minimum absolute atomic E-state index is 0.131. The zero-order valence-corrected chi connectivity index (χ0v) is 22.3. The van der Waals surface area contributed by atoms with Gasteiger partial charge in [0.2, 0.25) is 5.91 Å². The number of carbonyl (C=O) groups is 1. The monoisotopic (exact) mass is 539 g/mol. The molecular weight excluding hydrogens is 510 g/mol. The Morgan fingerprint density at radius 2 is 1.95 bits per heavy atom. The lowest BCUT2D eigenvalue weighted by molar-refractivity contribution is -0.132. The van der Waals surface area contributed by atoms with Crippen LogP contribution in [-0.4, -0.2) is 55.9 Å². The van der Waals surface area contributed by atoms with Gasteiger partial charge >= 0.3 is 0 Å². The van der Waals surface area contributed by atoms with Crippen LogP contribution in [0.5, 0.6) is 0 Å². The second-order valence-electron chi connectivity index (χ2n) is 9.63. The van der Waals surface area contributed by atoms with E-state index in [1.54, 1.807) is 6.20 Å². The second kappa shape index (κ2) is 12.6. The summed E-state index contributed by atoms with van der Waals surface area (Å²) in [4.78, 5) is 26.5. The third-order valence-corrected chi connectivity index (χ3v) is 7.18. The van der Waals surface area contributed by atoms with Crippen LogP contribution in [0.3, 0.4) is 0 Å². The van der Waals surface area contributed by atoms with Crippen LogP contribution in [0.15, 0.2) is 85.5 Å². The highest BCUT2D eigenvalue weighted by Gasteiger charge is 2.36. The van der Waals surface area contributed by atoms with Crippen molar-refractivity contribution in [2.75, 3.05) is 25.0 Å². The predicted octanol–water partition coefficient (Wildman–Crippen LogP) is 4.57. The van der Waals surface area contributed by atoms with Crippen molar-refractivity contribution in [3.63, 3.8) is 0 Å². The summed E-state index contributed by atoms with van der Waals surface area (Å²) in [5.74, 6) is 0.939. The van der Waals surface area contributed by atoms with Gasteiger partial charge in [0.1, 0.15) is 5.82 Å². The quantitative estimate of drug-likeness (QED) is 0.300.